The molecule has 1 aromatic carbocycles. The number of fused-ring (bicyclic) bond motifs is 1. The number of hydrogen-bond acceptors (Lipinski definition) is 3. The van der Waals surface area contributed by atoms with Crippen molar-refractivity contribution in [3.05, 3.63) is 35.8 Å². The maximum atomic E-state index is 13.4. The van der Waals surface area contributed by atoms with Gasteiger partial charge in [0.25, 0.3) is 0 Å². The monoisotopic (exact) mass is 373 g/mol. The highest BCUT2D eigenvalue weighted by Crippen LogP contribution is 2.50. The summed E-state index contributed by atoms with van der Waals surface area (Å²) in [6.07, 6.45) is 4.58. The summed E-state index contributed by atoms with van der Waals surface area (Å²) in [4.78, 5) is 29.6. The fourth-order valence-electron chi connectivity index (χ4n) is 3.98. The number of rotatable bonds is 4. The Hall–Kier alpha value is -2.57. The number of aromatic nitrogens is 1. The first-order valence-electron chi connectivity index (χ1n) is 9.53. The maximum Gasteiger partial charge on any atom is 0.409 e. The molecule has 1 aromatic heterocycles. The number of piperidine rings is 1. The van der Waals surface area contributed by atoms with Crippen molar-refractivity contribution in [2.75, 3.05) is 19.7 Å². The average molecular weight is 373 g/mol. The van der Waals surface area contributed by atoms with Crippen LogP contribution in [0.2, 0.25) is 0 Å². The van der Waals surface area contributed by atoms with Gasteiger partial charge in [0.05, 0.1) is 12.0 Å². The number of likely N-dealkylation sites (tertiary alicyclic amines) is 1. The van der Waals surface area contributed by atoms with E-state index in [0.29, 0.717) is 25.2 Å². The lowest BCUT2D eigenvalue weighted by atomic mass is 9.93. The van der Waals surface area contributed by atoms with Crippen LogP contribution in [0, 0.1) is 5.82 Å². The van der Waals surface area contributed by atoms with Crippen LogP contribution in [-0.4, -0.2) is 47.6 Å². The lowest BCUT2D eigenvalue weighted by Gasteiger charge is -2.32. The Morgan fingerprint density at radius 2 is 2.07 bits per heavy atom. The molecule has 2 fully saturated rings. The number of carbonyl (C=O) groups excluding carboxylic acids is 2. The minimum absolute atomic E-state index is 0.0299. The van der Waals surface area contributed by atoms with Crippen LogP contribution in [0.1, 0.15) is 38.2 Å². The van der Waals surface area contributed by atoms with Gasteiger partial charge in [0.15, 0.2) is 0 Å². The van der Waals surface area contributed by atoms with Gasteiger partial charge in [-0.25, -0.2) is 9.18 Å². The molecule has 144 valence electrons. The number of ether oxygens (including phenoxy) is 1. The zero-order valence-corrected chi connectivity index (χ0v) is 15.4. The number of benzene rings is 1. The predicted octanol–water partition coefficient (Wildman–Crippen LogP) is 3.08. The van der Waals surface area contributed by atoms with Crippen molar-refractivity contribution in [3.8, 4) is 0 Å². The Morgan fingerprint density at radius 3 is 2.74 bits per heavy atom. The summed E-state index contributed by atoms with van der Waals surface area (Å²) in [5.74, 6) is -0.263. The molecule has 4 rings (SSSR count). The highest BCUT2D eigenvalue weighted by Gasteiger charge is 2.53. The van der Waals surface area contributed by atoms with Crippen molar-refractivity contribution in [3.63, 3.8) is 0 Å². The molecular weight excluding hydrogens is 349 g/mol. The van der Waals surface area contributed by atoms with E-state index < -0.39 is 5.41 Å². The van der Waals surface area contributed by atoms with E-state index in [4.69, 9.17) is 4.74 Å². The van der Waals surface area contributed by atoms with E-state index >= 15 is 0 Å². The van der Waals surface area contributed by atoms with Crippen molar-refractivity contribution in [2.24, 2.45) is 0 Å². The van der Waals surface area contributed by atoms with E-state index in [1.807, 2.05) is 6.20 Å². The number of nitrogens with zero attached hydrogens (tertiary/aromatic N) is 1. The van der Waals surface area contributed by atoms with Crippen molar-refractivity contribution in [1.82, 2.24) is 15.2 Å². The summed E-state index contributed by atoms with van der Waals surface area (Å²) in [6.45, 7) is 3.33. The molecule has 1 saturated heterocycles. The number of nitrogens with one attached hydrogen (secondary N) is 2. The summed E-state index contributed by atoms with van der Waals surface area (Å²) in [5.41, 5.74) is 1.14. The van der Waals surface area contributed by atoms with E-state index in [1.54, 1.807) is 17.9 Å². The second-order valence-electron chi connectivity index (χ2n) is 7.41. The zero-order valence-electron chi connectivity index (χ0n) is 15.4. The smallest absolute Gasteiger partial charge is 0.409 e. The third-order valence-electron chi connectivity index (χ3n) is 5.70. The van der Waals surface area contributed by atoms with Crippen LogP contribution < -0.4 is 5.32 Å². The fraction of sp³-hybridized carbons (Fsp3) is 0.500. The topological polar surface area (TPSA) is 74.4 Å². The predicted molar refractivity (Wildman–Crippen MR) is 98.9 cm³/mol. The molecule has 0 unspecified atom stereocenters. The van der Waals surface area contributed by atoms with Gasteiger partial charge < -0.3 is 19.9 Å². The molecule has 1 aliphatic heterocycles. The zero-order chi connectivity index (χ0) is 19.0. The average Bonchev–Trinajstić information content (AvgIpc) is 3.36. The normalized spacial score (nSPS) is 19.1. The van der Waals surface area contributed by atoms with Crippen molar-refractivity contribution >= 4 is 22.9 Å². The van der Waals surface area contributed by atoms with Gasteiger partial charge in [0.1, 0.15) is 5.82 Å². The number of amides is 2. The molecule has 2 amide bonds. The van der Waals surface area contributed by atoms with E-state index in [1.165, 1.54) is 12.1 Å². The summed E-state index contributed by atoms with van der Waals surface area (Å²) in [7, 11) is 0. The minimum Gasteiger partial charge on any atom is -0.450 e. The van der Waals surface area contributed by atoms with Gasteiger partial charge >= 0.3 is 6.09 Å². The second-order valence-corrected chi connectivity index (χ2v) is 7.41. The van der Waals surface area contributed by atoms with Gasteiger partial charge in [0.2, 0.25) is 5.91 Å². The number of hydrogen-bond donors (Lipinski definition) is 2. The van der Waals surface area contributed by atoms with E-state index in [0.717, 1.165) is 36.6 Å². The van der Waals surface area contributed by atoms with E-state index in [9.17, 15) is 14.0 Å². The molecule has 2 heterocycles. The summed E-state index contributed by atoms with van der Waals surface area (Å²) >= 11 is 0. The van der Waals surface area contributed by atoms with Crippen LogP contribution in [0.25, 0.3) is 10.9 Å². The first kappa shape index (κ1) is 17.8. The number of carbonyl (C=O) groups is 2. The Balaban J connectivity index is 1.42. The van der Waals surface area contributed by atoms with Crippen LogP contribution >= 0.6 is 0 Å². The molecule has 7 heteroatoms. The molecule has 0 bridgehead atoms. The van der Waals surface area contributed by atoms with E-state index in [-0.39, 0.29) is 23.9 Å². The van der Waals surface area contributed by atoms with Gasteiger partial charge in [-0.2, -0.15) is 0 Å². The molecule has 2 aromatic rings. The fourth-order valence-corrected chi connectivity index (χ4v) is 3.98. The Bertz CT molecular complexity index is 866. The van der Waals surface area contributed by atoms with Crippen molar-refractivity contribution in [1.29, 1.82) is 0 Å². The van der Waals surface area contributed by atoms with Crippen LogP contribution in [0.5, 0.6) is 0 Å². The molecule has 2 aliphatic rings. The van der Waals surface area contributed by atoms with E-state index in [2.05, 4.69) is 10.3 Å². The van der Waals surface area contributed by atoms with Crippen molar-refractivity contribution in [2.45, 2.75) is 44.1 Å². The highest BCUT2D eigenvalue weighted by molar-refractivity contribution is 5.97. The van der Waals surface area contributed by atoms with Crippen LogP contribution in [0.4, 0.5) is 9.18 Å². The van der Waals surface area contributed by atoms with Gasteiger partial charge in [-0.1, -0.05) is 0 Å². The SMILES string of the molecule is CCOC(=O)N1CCC(NC(=O)C2(c3c[nH]c4cc(F)ccc34)CC2)CC1. The Kier molecular flexibility index (Phi) is 4.53. The molecule has 0 atom stereocenters. The van der Waals surface area contributed by atoms with Gasteiger partial charge in [-0.15, -0.1) is 0 Å². The third kappa shape index (κ3) is 3.26. The quantitative estimate of drug-likeness (QED) is 0.865. The molecule has 1 aliphatic carbocycles. The summed E-state index contributed by atoms with van der Waals surface area (Å²) in [6, 6.07) is 4.68. The maximum absolute atomic E-state index is 13.4. The van der Waals surface area contributed by atoms with Crippen LogP contribution in [0.3, 0.4) is 0 Å². The summed E-state index contributed by atoms with van der Waals surface area (Å²) in [5, 5.41) is 4.08. The third-order valence-corrected chi connectivity index (χ3v) is 5.70. The molecule has 0 radical (unpaired) electrons. The Labute approximate surface area is 157 Å². The Morgan fingerprint density at radius 1 is 1.33 bits per heavy atom. The van der Waals surface area contributed by atoms with Crippen molar-refractivity contribution < 1.29 is 18.7 Å². The van der Waals surface area contributed by atoms with Gasteiger partial charge in [-0.3, -0.25) is 4.79 Å². The first-order valence-corrected chi connectivity index (χ1v) is 9.53. The number of aromatic amines is 1. The standard InChI is InChI=1S/C20H24FN3O3/c1-2-27-19(26)24-9-5-14(6-10-24)23-18(25)20(7-8-20)16-12-22-17-11-13(21)3-4-15(16)17/h3-4,11-12,14,22H,2,5-10H2,1H3,(H,23,25). The molecule has 1 saturated carbocycles. The summed E-state index contributed by atoms with van der Waals surface area (Å²) < 4.78 is 18.5. The molecular formula is C20H24FN3O3. The van der Waals surface area contributed by atoms with Gasteiger partial charge in [-0.05, 0) is 56.4 Å². The first-order chi connectivity index (χ1) is 13.0. The highest BCUT2D eigenvalue weighted by atomic mass is 19.1. The van der Waals surface area contributed by atoms with Gasteiger partial charge in [0, 0.05) is 36.2 Å². The number of H-pyrrole nitrogens is 1. The molecule has 6 nitrogen and oxygen atoms in total. The largest absolute Gasteiger partial charge is 0.450 e. The second kappa shape index (κ2) is 6.87. The minimum atomic E-state index is -0.519. The van der Waals surface area contributed by atoms with Crippen LogP contribution in [0.15, 0.2) is 24.4 Å². The molecule has 2 N–H and O–H groups in total. The molecule has 0 spiro atoms. The number of halogens is 1. The lowest BCUT2D eigenvalue weighted by Crippen LogP contribution is -2.49. The lowest BCUT2D eigenvalue weighted by molar-refractivity contribution is -0.124. The molecule has 27 heavy (non-hydrogen) atoms. The van der Waals surface area contributed by atoms with Crippen LogP contribution in [-0.2, 0) is 14.9 Å².